The molecule has 0 saturated carbocycles. The molecular formula is C18H22BrNO. The van der Waals surface area contributed by atoms with Crippen LogP contribution in [-0.2, 0) is 6.42 Å². The highest BCUT2D eigenvalue weighted by molar-refractivity contribution is 9.10. The van der Waals surface area contributed by atoms with E-state index in [2.05, 4.69) is 53.3 Å². The lowest BCUT2D eigenvalue weighted by Gasteiger charge is -2.21. The van der Waals surface area contributed by atoms with Crippen molar-refractivity contribution >= 4 is 15.9 Å². The van der Waals surface area contributed by atoms with Crippen molar-refractivity contribution < 1.29 is 5.11 Å². The Labute approximate surface area is 135 Å². The lowest BCUT2D eigenvalue weighted by Crippen LogP contribution is -2.29. The predicted octanol–water partition coefficient (Wildman–Crippen LogP) is 4.83. The van der Waals surface area contributed by atoms with E-state index in [1.54, 1.807) is 12.1 Å². The van der Waals surface area contributed by atoms with Gasteiger partial charge in [0.05, 0.1) is 0 Å². The summed E-state index contributed by atoms with van der Waals surface area (Å²) in [5.41, 5.74) is 2.55. The lowest BCUT2D eigenvalue weighted by atomic mass is 10.0. The average molecular weight is 348 g/mol. The first-order valence-electron chi connectivity index (χ1n) is 7.34. The summed E-state index contributed by atoms with van der Waals surface area (Å²) in [5, 5.41) is 12.9. The molecule has 2 nitrogen and oxygen atoms in total. The van der Waals surface area contributed by atoms with E-state index in [1.807, 2.05) is 18.2 Å². The number of phenols is 1. The summed E-state index contributed by atoms with van der Waals surface area (Å²) in [6, 6.07) is 16.5. The highest BCUT2D eigenvalue weighted by Crippen LogP contribution is 2.23. The number of aromatic hydroxyl groups is 1. The van der Waals surface area contributed by atoms with E-state index in [-0.39, 0.29) is 0 Å². The Bertz CT molecular complexity index is 568. The van der Waals surface area contributed by atoms with Gasteiger partial charge in [-0.05, 0) is 56.0 Å². The number of hydrogen-bond acceptors (Lipinski definition) is 2. The predicted molar refractivity (Wildman–Crippen MR) is 91.6 cm³/mol. The SMILES string of the molecule is CC(CCc1ccc(O)cc1)N[C@H](C)c1ccccc1Br. The minimum atomic E-state index is 0.315. The zero-order chi connectivity index (χ0) is 15.2. The molecule has 0 radical (unpaired) electrons. The van der Waals surface area contributed by atoms with E-state index in [1.165, 1.54) is 11.1 Å². The molecule has 112 valence electrons. The van der Waals surface area contributed by atoms with Crippen LogP contribution < -0.4 is 5.32 Å². The summed E-state index contributed by atoms with van der Waals surface area (Å²) in [4.78, 5) is 0. The molecule has 0 aliphatic heterocycles. The molecular weight excluding hydrogens is 326 g/mol. The Morgan fingerprint density at radius 3 is 2.38 bits per heavy atom. The van der Waals surface area contributed by atoms with Crippen LogP contribution in [0.2, 0.25) is 0 Å². The molecule has 2 N–H and O–H groups in total. The van der Waals surface area contributed by atoms with Crippen LogP contribution in [0.5, 0.6) is 5.75 Å². The zero-order valence-electron chi connectivity index (χ0n) is 12.5. The van der Waals surface area contributed by atoms with E-state index in [9.17, 15) is 5.11 Å². The highest BCUT2D eigenvalue weighted by Gasteiger charge is 2.11. The van der Waals surface area contributed by atoms with Gasteiger partial charge in [-0.3, -0.25) is 0 Å². The molecule has 21 heavy (non-hydrogen) atoms. The first-order chi connectivity index (χ1) is 10.1. The second-order valence-corrected chi connectivity index (χ2v) is 6.37. The van der Waals surface area contributed by atoms with Crippen LogP contribution in [0.25, 0.3) is 0 Å². The van der Waals surface area contributed by atoms with Crippen molar-refractivity contribution in [2.45, 2.75) is 38.8 Å². The summed E-state index contributed by atoms with van der Waals surface area (Å²) in [6.07, 6.45) is 2.08. The van der Waals surface area contributed by atoms with Crippen LogP contribution in [0.1, 0.15) is 37.4 Å². The summed E-state index contributed by atoms with van der Waals surface area (Å²) in [6.45, 7) is 4.41. The molecule has 0 saturated heterocycles. The van der Waals surface area contributed by atoms with Gasteiger partial charge in [-0.1, -0.05) is 46.3 Å². The molecule has 0 aromatic heterocycles. The minimum absolute atomic E-state index is 0.315. The van der Waals surface area contributed by atoms with Gasteiger partial charge in [0.1, 0.15) is 5.75 Å². The molecule has 0 bridgehead atoms. The molecule has 1 unspecified atom stereocenters. The average Bonchev–Trinajstić information content (AvgIpc) is 2.47. The van der Waals surface area contributed by atoms with Crippen LogP contribution in [0.3, 0.4) is 0 Å². The maximum Gasteiger partial charge on any atom is 0.115 e. The van der Waals surface area contributed by atoms with Gasteiger partial charge in [-0.15, -0.1) is 0 Å². The second kappa shape index (κ2) is 7.62. The third-order valence-electron chi connectivity index (χ3n) is 3.71. The van der Waals surface area contributed by atoms with Crippen molar-refractivity contribution in [2.24, 2.45) is 0 Å². The molecule has 0 aliphatic carbocycles. The zero-order valence-corrected chi connectivity index (χ0v) is 14.1. The topological polar surface area (TPSA) is 32.3 Å². The van der Waals surface area contributed by atoms with E-state index in [4.69, 9.17) is 0 Å². The van der Waals surface area contributed by atoms with Gasteiger partial charge in [0, 0.05) is 16.6 Å². The first-order valence-corrected chi connectivity index (χ1v) is 8.14. The number of hydrogen-bond donors (Lipinski definition) is 2. The summed E-state index contributed by atoms with van der Waals surface area (Å²) in [7, 11) is 0. The van der Waals surface area contributed by atoms with E-state index < -0.39 is 0 Å². The maximum atomic E-state index is 9.29. The number of halogens is 1. The third-order valence-corrected chi connectivity index (χ3v) is 4.43. The standard InChI is InChI=1S/C18H22BrNO/c1-13(7-8-15-9-11-16(21)12-10-15)20-14(2)17-5-3-4-6-18(17)19/h3-6,9-14,20-21H,7-8H2,1-2H3/t13?,14-/m1/s1. The number of rotatable bonds is 6. The number of aryl methyl sites for hydroxylation is 1. The maximum absolute atomic E-state index is 9.29. The number of benzene rings is 2. The molecule has 2 rings (SSSR count). The quantitative estimate of drug-likeness (QED) is 0.784. The smallest absolute Gasteiger partial charge is 0.115 e. The van der Waals surface area contributed by atoms with E-state index in [0.29, 0.717) is 17.8 Å². The molecule has 0 aliphatic rings. The molecule has 2 atom stereocenters. The van der Waals surface area contributed by atoms with Crippen LogP contribution in [0.15, 0.2) is 53.0 Å². The number of phenolic OH excluding ortho intramolecular Hbond substituents is 1. The monoisotopic (exact) mass is 347 g/mol. The van der Waals surface area contributed by atoms with Crippen LogP contribution in [-0.4, -0.2) is 11.1 Å². The Hall–Kier alpha value is -1.32. The Morgan fingerprint density at radius 1 is 1.05 bits per heavy atom. The van der Waals surface area contributed by atoms with Gasteiger partial charge in [0.25, 0.3) is 0 Å². The van der Waals surface area contributed by atoms with Crippen molar-refractivity contribution in [3.8, 4) is 5.75 Å². The van der Waals surface area contributed by atoms with Crippen LogP contribution in [0.4, 0.5) is 0 Å². The Morgan fingerprint density at radius 2 is 1.71 bits per heavy atom. The molecule has 2 aromatic carbocycles. The number of nitrogens with one attached hydrogen (secondary N) is 1. The Kier molecular flexibility index (Phi) is 5.83. The molecule has 0 heterocycles. The fourth-order valence-corrected chi connectivity index (χ4v) is 3.10. The molecule has 2 aromatic rings. The van der Waals surface area contributed by atoms with Gasteiger partial charge >= 0.3 is 0 Å². The Balaban J connectivity index is 1.85. The molecule has 0 amide bonds. The van der Waals surface area contributed by atoms with Crippen molar-refractivity contribution in [2.75, 3.05) is 0 Å². The summed E-state index contributed by atoms with van der Waals surface area (Å²) in [5.74, 6) is 0.326. The van der Waals surface area contributed by atoms with Crippen molar-refractivity contribution in [3.05, 3.63) is 64.1 Å². The summed E-state index contributed by atoms with van der Waals surface area (Å²) < 4.78 is 1.15. The van der Waals surface area contributed by atoms with Gasteiger partial charge in [0.15, 0.2) is 0 Å². The minimum Gasteiger partial charge on any atom is -0.508 e. The second-order valence-electron chi connectivity index (χ2n) is 5.52. The van der Waals surface area contributed by atoms with Crippen molar-refractivity contribution in [1.29, 1.82) is 0 Å². The van der Waals surface area contributed by atoms with Gasteiger partial charge in [-0.25, -0.2) is 0 Å². The largest absolute Gasteiger partial charge is 0.508 e. The fourth-order valence-electron chi connectivity index (χ4n) is 2.47. The highest BCUT2D eigenvalue weighted by atomic mass is 79.9. The van der Waals surface area contributed by atoms with Crippen molar-refractivity contribution in [1.82, 2.24) is 5.32 Å². The third kappa shape index (κ3) is 4.87. The lowest BCUT2D eigenvalue weighted by molar-refractivity contribution is 0.455. The van der Waals surface area contributed by atoms with Crippen LogP contribution in [0, 0.1) is 0 Å². The van der Waals surface area contributed by atoms with Gasteiger partial charge < -0.3 is 10.4 Å². The van der Waals surface area contributed by atoms with Gasteiger partial charge in [0.2, 0.25) is 0 Å². The van der Waals surface area contributed by atoms with Crippen molar-refractivity contribution in [3.63, 3.8) is 0 Å². The molecule has 0 spiro atoms. The normalized spacial score (nSPS) is 13.9. The molecule has 3 heteroatoms. The summed E-state index contributed by atoms with van der Waals surface area (Å²) >= 11 is 3.61. The fraction of sp³-hybridized carbons (Fsp3) is 0.333. The molecule has 0 fully saturated rings. The van der Waals surface area contributed by atoms with E-state index in [0.717, 1.165) is 17.3 Å². The van der Waals surface area contributed by atoms with E-state index >= 15 is 0 Å². The van der Waals surface area contributed by atoms with Crippen LogP contribution >= 0.6 is 15.9 Å². The first kappa shape index (κ1) is 16.1. The van der Waals surface area contributed by atoms with Gasteiger partial charge in [-0.2, -0.15) is 0 Å².